The Kier molecular flexibility index (Phi) is 2.42. The van der Waals surface area contributed by atoms with Crippen LogP contribution in [0.25, 0.3) is 5.69 Å². The lowest BCUT2D eigenvalue weighted by Crippen LogP contribution is -2.18. The van der Waals surface area contributed by atoms with Crippen LogP contribution in [-0.4, -0.2) is 26.1 Å². The van der Waals surface area contributed by atoms with Crippen LogP contribution >= 0.6 is 0 Å². The standard InChI is InChI=1S/C9H8N4O2/c14-9(11-15)8-6-13(12-10-8)7-4-2-1-3-5-7/h1-6,15H,(H,11,14). The number of hydroxylamine groups is 1. The summed E-state index contributed by atoms with van der Waals surface area (Å²) in [5.41, 5.74) is 2.34. The Morgan fingerprint density at radius 2 is 2.07 bits per heavy atom. The molecule has 0 radical (unpaired) electrons. The van der Waals surface area contributed by atoms with E-state index in [2.05, 4.69) is 10.3 Å². The molecular weight excluding hydrogens is 196 g/mol. The van der Waals surface area contributed by atoms with Gasteiger partial charge in [-0.25, -0.2) is 10.2 Å². The van der Waals surface area contributed by atoms with Gasteiger partial charge in [0.05, 0.1) is 11.9 Å². The van der Waals surface area contributed by atoms with Gasteiger partial charge in [-0.3, -0.25) is 10.0 Å². The van der Waals surface area contributed by atoms with Crippen molar-refractivity contribution in [3.8, 4) is 5.69 Å². The van der Waals surface area contributed by atoms with Crippen LogP contribution in [-0.2, 0) is 0 Å². The second-order valence-corrected chi connectivity index (χ2v) is 2.82. The number of hydrogen-bond acceptors (Lipinski definition) is 4. The van der Waals surface area contributed by atoms with Crippen molar-refractivity contribution in [2.45, 2.75) is 0 Å². The van der Waals surface area contributed by atoms with E-state index in [0.717, 1.165) is 5.69 Å². The summed E-state index contributed by atoms with van der Waals surface area (Å²) in [5, 5.41) is 15.7. The molecule has 2 aromatic rings. The molecular formula is C9H8N4O2. The Labute approximate surface area is 85.1 Å². The molecule has 6 nitrogen and oxygen atoms in total. The Morgan fingerprint density at radius 1 is 1.33 bits per heavy atom. The monoisotopic (exact) mass is 204 g/mol. The summed E-state index contributed by atoms with van der Waals surface area (Å²) in [7, 11) is 0. The highest BCUT2D eigenvalue weighted by atomic mass is 16.5. The number of benzene rings is 1. The molecule has 2 rings (SSSR count). The average molecular weight is 204 g/mol. The summed E-state index contributed by atoms with van der Waals surface area (Å²) in [6.45, 7) is 0. The SMILES string of the molecule is O=C(NO)c1cn(-c2ccccc2)nn1. The fourth-order valence-corrected chi connectivity index (χ4v) is 1.13. The van der Waals surface area contributed by atoms with E-state index >= 15 is 0 Å². The molecule has 0 spiro atoms. The molecule has 1 aromatic heterocycles. The van der Waals surface area contributed by atoms with Crippen LogP contribution in [0.1, 0.15) is 10.5 Å². The lowest BCUT2D eigenvalue weighted by atomic mass is 10.3. The second kappa shape index (κ2) is 3.89. The first-order valence-electron chi connectivity index (χ1n) is 4.23. The second-order valence-electron chi connectivity index (χ2n) is 2.82. The molecule has 2 N–H and O–H groups in total. The van der Waals surface area contributed by atoms with Gasteiger partial charge < -0.3 is 0 Å². The number of carbonyl (C=O) groups excluding carboxylic acids is 1. The smallest absolute Gasteiger partial charge is 0.288 e. The molecule has 0 aliphatic carbocycles. The van der Waals surface area contributed by atoms with Crippen LogP contribution in [0.2, 0.25) is 0 Å². The van der Waals surface area contributed by atoms with Gasteiger partial charge in [0.2, 0.25) is 0 Å². The third-order valence-electron chi connectivity index (χ3n) is 1.85. The van der Waals surface area contributed by atoms with Crippen molar-refractivity contribution in [3.63, 3.8) is 0 Å². The zero-order valence-electron chi connectivity index (χ0n) is 7.66. The Morgan fingerprint density at radius 3 is 2.73 bits per heavy atom. The van der Waals surface area contributed by atoms with Gasteiger partial charge in [0, 0.05) is 0 Å². The molecule has 76 valence electrons. The molecule has 15 heavy (non-hydrogen) atoms. The van der Waals surface area contributed by atoms with E-state index in [9.17, 15) is 4.79 Å². The van der Waals surface area contributed by atoms with E-state index in [-0.39, 0.29) is 5.69 Å². The Hall–Kier alpha value is -2.21. The van der Waals surface area contributed by atoms with Gasteiger partial charge in [-0.05, 0) is 12.1 Å². The van der Waals surface area contributed by atoms with E-state index in [4.69, 9.17) is 5.21 Å². The van der Waals surface area contributed by atoms with Crippen molar-refractivity contribution >= 4 is 5.91 Å². The van der Waals surface area contributed by atoms with Gasteiger partial charge >= 0.3 is 0 Å². The van der Waals surface area contributed by atoms with E-state index in [0.29, 0.717) is 0 Å². The lowest BCUT2D eigenvalue weighted by molar-refractivity contribution is 0.0700. The average Bonchev–Trinajstić information content (AvgIpc) is 2.78. The fourth-order valence-electron chi connectivity index (χ4n) is 1.13. The molecule has 0 atom stereocenters. The maximum atomic E-state index is 11.0. The summed E-state index contributed by atoms with van der Waals surface area (Å²) in [6.07, 6.45) is 1.43. The third kappa shape index (κ3) is 1.84. The number of carbonyl (C=O) groups is 1. The first kappa shape index (κ1) is 9.35. The molecule has 0 aliphatic heterocycles. The molecule has 0 aliphatic rings. The molecule has 1 aromatic carbocycles. The van der Waals surface area contributed by atoms with Gasteiger partial charge in [0.1, 0.15) is 0 Å². The van der Waals surface area contributed by atoms with Crippen molar-refractivity contribution < 1.29 is 10.0 Å². The Balaban J connectivity index is 2.32. The van der Waals surface area contributed by atoms with Crippen LogP contribution in [0.5, 0.6) is 0 Å². The third-order valence-corrected chi connectivity index (χ3v) is 1.85. The summed E-state index contributed by atoms with van der Waals surface area (Å²) in [5.74, 6) is -0.683. The van der Waals surface area contributed by atoms with E-state index in [1.807, 2.05) is 30.3 Å². The fraction of sp³-hybridized carbons (Fsp3) is 0. The first-order valence-corrected chi connectivity index (χ1v) is 4.23. The number of amides is 1. The molecule has 0 saturated carbocycles. The number of hydrogen-bond donors (Lipinski definition) is 2. The van der Waals surface area contributed by atoms with Crippen LogP contribution in [0.3, 0.4) is 0 Å². The lowest BCUT2D eigenvalue weighted by Gasteiger charge is -1.96. The van der Waals surface area contributed by atoms with Gasteiger partial charge in [-0.1, -0.05) is 23.4 Å². The normalized spacial score (nSPS) is 9.93. The van der Waals surface area contributed by atoms with Crippen molar-refractivity contribution in [1.29, 1.82) is 0 Å². The number of rotatable bonds is 2. The summed E-state index contributed by atoms with van der Waals surface area (Å²) in [4.78, 5) is 11.0. The minimum Gasteiger partial charge on any atom is -0.288 e. The zero-order chi connectivity index (χ0) is 10.7. The zero-order valence-corrected chi connectivity index (χ0v) is 7.66. The molecule has 0 bridgehead atoms. The van der Waals surface area contributed by atoms with Crippen molar-refractivity contribution in [2.24, 2.45) is 0 Å². The predicted octanol–water partition coefficient (Wildman–Crippen LogP) is 0.386. The molecule has 0 saturated heterocycles. The summed E-state index contributed by atoms with van der Waals surface area (Å²) in [6, 6.07) is 9.23. The topological polar surface area (TPSA) is 80.0 Å². The number of aromatic nitrogens is 3. The van der Waals surface area contributed by atoms with E-state index in [1.165, 1.54) is 16.4 Å². The van der Waals surface area contributed by atoms with Crippen LogP contribution < -0.4 is 5.48 Å². The van der Waals surface area contributed by atoms with Gasteiger partial charge in [-0.2, -0.15) is 0 Å². The van der Waals surface area contributed by atoms with Crippen molar-refractivity contribution in [3.05, 3.63) is 42.2 Å². The molecule has 1 amide bonds. The molecule has 1 heterocycles. The summed E-state index contributed by atoms with van der Waals surface area (Å²) >= 11 is 0. The van der Waals surface area contributed by atoms with E-state index < -0.39 is 5.91 Å². The van der Waals surface area contributed by atoms with Crippen LogP contribution in [0.15, 0.2) is 36.5 Å². The predicted molar refractivity (Wildman–Crippen MR) is 50.6 cm³/mol. The number of nitrogens with zero attached hydrogens (tertiary/aromatic N) is 3. The van der Waals surface area contributed by atoms with Crippen molar-refractivity contribution in [1.82, 2.24) is 20.5 Å². The highest BCUT2D eigenvalue weighted by Crippen LogP contribution is 2.05. The van der Waals surface area contributed by atoms with Crippen LogP contribution in [0.4, 0.5) is 0 Å². The Bertz CT molecular complexity index is 466. The summed E-state index contributed by atoms with van der Waals surface area (Å²) < 4.78 is 1.45. The maximum absolute atomic E-state index is 11.0. The maximum Gasteiger partial charge on any atom is 0.296 e. The largest absolute Gasteiger partial charge is 0.296 e. The van der Waals surface area contributed by atoms with Gasteiger partial charge in [0.25, 0.3) is 5.91 Å². The van der Waals surface area contributed by atoms with Gasteiger partial charge in [-0.15, -0.1) is 5.10 Å². The molecule has 0 unspecified atom stereocenters. The van der Waals surface area contributed by atoms with E-state index in [1.54, 1.807) is 0 Å². The number of para-hydroxylation sites is 1. The molecule has 6 heteroatoms. The van der Waals surface area contributed by atoms with Gasteiger partial charge in [0.15, 0.2) is 5.69 Å². The quantitative estimate of drug-likeness (QED) is 0.547. The first-order chi connectivity index (χ1) is 7.31. The minimum absolute atomic E-state index is 0.0568. The van der Waals surface area contributed by atoms with Crippen molar-refractivity contribution in [2.75, 3.05) is 0 Å². The minimum atomic E-state index is -0.683. The highest BCUT2D eigenvalue weighted by Gasteiger charge is 2.09. The molecule has 0 fully saturated rings. The highest BCUT2D eigenvalue weighted by molar-refractivity contribution is 5.90. The number of nitrogens with one attached hydrogen (secondary N) is 1. The van der Waals surface area contributed by atoms with Crippen LogP contribution in [0, 0.1) is 0 Å².